The molecule has 0 aliphatic carbocycles. The van der Waals surface area contributed by atoms with E-state index in [4.69, 9.17) is 0 Å². The van der Waals surface area contributed by atoms with Gasteiger partial charge in [0.25, 0.3) is 0 Å². The van der Waals surface area contributed by atoms with Gasteiger partial charge in [-0.05, 0) is 30.3 Å². The Kier molecular flexibility index (Phi) is 3.13. The van der Waals surface area contributed by atoms with E-state index in [9.17, 15) is 0 Å². The maximum absolute atomic E-state index is 4.32. The Hall–Kier alpha value is 0.0500. The average Bonchev–Trinajstić information content (AvgIpc) is 2.79. The normalized spacial score (nSPS) is 22.5. The zero-order valence-corrected chi connectivity index (χ0v) is 10.4. The van der Waals surface area contributed by atoms with Crippen LogP contribution in [-0.4, -0.2) is 42.9 Å². The fraction of sp³-hybridized carbons (Fsp3) is 0.818. The first-order chi connectivity index (χ1) is 5.92. The third-order valence-electron chi connectivity index (χ3n) is 2.83. The molecule has 0 aromatic rings. The third kappa shape index (κ3) is 2.50. The maximum Gasteiger partial charge on any atom is 0.141 e. The van der Waals surface area contributed by atoms with Crippen LogP contribution < -0.4 is 0 Å². The van der Waals surface area contributed by atoms with Crippen molar-refractivity contribution in [3.05, 3.63) is 11.6 Å². The molecule has 1 aliphatic rings. The molecule has 0 N–H and O–H groups in total. The summed E-state index contributed by atoms with van der Waals surface area (Å²) in [6.45, 7) is 6.60. The molecule has 1 rings (SSSR count). The molecule has 0 spiro atoms. The molecule has 2 heteroatoms. The molecule has 1 saturated heterocycles. The number of unbranched alkanes of at least 4 members (excludes halogenated alkanes) is 1. The first-order valence-corrected chi connectivity index (χ1v) is 7.34. The van der Waals surface area contributed by atoms with E-state index >= 15 is 0 Å². The number of hydrogen-bond donors (Lipinski definition) is 0. The Morgan fingerprint density at radius 3 is 2.15 bits per heavy atom. The van der Waals surface area contributed by atoms with Gasteiger partial charge >= 0.3 is 0 Å². The van der Waals surface area contributed by atoms with Crippen molar-refractivity contribution in [3.8, 4) is 0 Å². The summed E-state index contributed by atoms with van der Waals surface area (Å²) in [5.41, 5.74) is 0. The summed E-state index contributed by atoms with van der Waals surface area (Å²) in [7, 11) is 6.40. The van der Waals surface area contributed by atoms with Crippen LogP contribution in [0.1, 0.15) is 19.8 Å². The van der Waals surface area contributed by atoms with Crippen molar-refractivity contribution in [3.63, 3.8) is 0 Å². The Morgan fingerprint density at radius 1 is 1.31 bits per heavy atom. The molecule has 0 aromatic heterocycles. The average molecular weight is 202 g/mol. The summed E-state index contributed by atoms with van der Waals surface area (Å²) in [5.74, 6) is 4.36. The van der Waals surface area contributed by atoms with E-state index in [1.165, 1.54) is 35.1 Å². The predicted molar refractivity (Wildman–Crippen MR) is 64.3 cm³/mol. The molecular formula is C11H24NS+. The van der Waals surface area contributed by atoms with Crippen LogP contribution in [0.5, 0.6) is 0 Å². The highest BCUT2D eigenvalue weighted by molar-refractivity contribution is 8.42. The second-order valence-corrected chi connectivity index (χ2v) is 8.70. The molecule has 1 nitrogen and oxygen atoms in total. The Morgan fingerprint density at radius 2 is 1.85 bits per heavy atom. The van der Waals surface area contributed by atoms with Crippen LogP contribution in [0.3, 0.4) is 0 Å². The lowest BCUT2D eigenvalue weighted by Crippen LogP contribution is -2.33. The van der Waals surface area contributed by atoms with E-state index < -0.39 is 0 Å². The molecule has 0 saturated carbocycles. The molecule has 0 aromatic carbocycles. The van der Waals surface area contributed by atoms with E-state index in [2.05, 4.69) is 34.6 Å². The number of hydrogen-bond acceptors (Lipinski definition) is 0. The summed E-state index contributed by atoms with van der Waals surface area (Å²) < 4.78 is 0.971. The monoisotopic (exact) mass is 202 g/mol. The molecule has 0 amide bonds. The molecule has 0 unspecified atom stereocenters. The third-order valence-corrected chi connectivity index (χ3v) is 6.84. The zero-order chi connectivity index (χ0) is 10.1. The van der Waals surface area contributed by atoms with Crippen molar-refractivity contribution < 1.29 is 4.48 Å². The zero-order valence-electron chi connectivity index (χ0n) is 9.60. The van der Waals surface area contributed by atoms with Crippen molar-refractivity contribution in [2.24, 2.45) is 0 Å². The van der Waals surface area contributed by atoms with E-state index in [-0.39, 0.29) is 10.0 Å². The summed E-state index contributed by atoms with van der Waals surface area (Å²) in [6.07, 6.45) is 2.73. The molecule has 1 aliphatic heterocycles. The van der Waals surface area contributed by atoms with Crippen LogP contribution >= 0.6 is 10.0 Å². The van der Waals surface area contributed by atoms with Gasteiger partial charge in [-0.2, -0.15) is 10.0 Å². The molecule has 78 valence electrons. The number of quaternary nitrogens is 1. The highest BCUT2D eigenvalue weighted by atomic mass is 32.3. The second-order valence-electron chi connectivity index (χ2n) is 4.92. The minimum absolute atomic E-state index is 0.352. The topological polar surface area (TPSA) is 0 Å². The van der Waals surface area contributed by atoms with Crippen LogP contribution in [0.15, 0.2) is 11.6 Å². The van der Waals surface area contributed by atoms with Gasteiger partial charge in [-0.25, -0.2) is 0 Å². The van der Waals surface area contributed by atoms with E-state index in [1.807, 2.05) is 0 Å². The van der Waals surface area contributed by atoms with Crippen LogP contribution in [0.2, 0.25) is 0 Å². The fourth-order valence-electron chi connectivity index (χ4n) is 1.66. The van der Waals surface area contributed by atoms with Gasteiger partial charge in [0.2, 0.25) is 0 Å². The molecule has 0 radical (unpaired) electrons. The van der Waals surface area contributed by atoms with Crippen LogP contribution in [0.25, 0.3) is 0 Å². The van der Waals surface area contributed by atoms with Crippen molar-refractivity contribution >= 4 is 10.0 Å². The Bertz CT molecular complexity index is 199. The van der Waals surface area contributed by atoms with Gasteiger partial charge in [-0.3, -0.25) is 4.48 Å². The lowest BCUT2D eigenvalue weighted by molar-refractivity contribution is -0.822. The number of nitrogens with zero attached hydrogens (tertiary/aromatic N) is 1. The largest absolute Gasteiger partial charge is 0.295 e. The second kappa shape index (κ2) is 3.66. The molecule has 1 heterocycles. The van der Waals surface area contributed by atoms with Crippen LogP contribution in [0.4, 0.5) is 0 Å². The lowest BCUT2D eigenvalue weighted by Gasteiger charge is -2.33. The Labute approximate surface area is 84.7 Å². The van der Waals surface area contributed by atoms with Crippen molar-refractivity contribution in [2.45, 2.75) is 19.8 Å². The van der Waals surface area contributed by atoms with Gasteiger partial charge in [0.1, 0.15) is 5.03 Å². The van der Waals surface area contributed by atoms with Gasteiger partial charge in [-0.1, -0.05) is 13.3 Å². The van der Waals surface area contributed by atoms with Gasteiger partial charge in [0.15, 0.2) is 0 Å². The first-order valence-electron chi connectivity index (χ1n) is 5.20. The lowest BCUT2D eigenvalue weighted by atomic mass is 10.4. The van der Waals surface area contributed by atoms with Gasteiger partial charge < -0.3 is 0 Å². The quantitative estimate of drug-likeness (QED) is 0.475. The summed E-state index contributed by atoms with van der Waals surface area (Å²) in [6, 6.07) is 0. The Balaban J connectivity index is 2.55. The van der Waals surface area contributed by atoms with Crippen molar-refractivity contribution in [1.82, 2.24) is 0 Å². The highest BCUT2D eigenvalue weighted by Crippen LogP contribution is 2.68. The van der Waals surface area contributed by atoms with Gasteiger partial charge in [-0.15, -0.1) is 0 Å². The summed E-state index contributed by atoms with van der Waals surface area (Å²) in [4.78, 5) is 0. The summed E-state index contributed by atoms with van der Waals surface area (Å²) >= 11 is 0. The van der Waals surface area contributed by atoms with E-state index in [0.717, 1.165) is 4.48 Å². The van der Waals surface area contributed by atoms with Crippen molar-refractivity contribution in [1.29, 1.82) is 0 Å². The van der Waals surface area contributed by atoms with Crippen molar-refractivity contribution in [2.75, 3.05) is 38.4 Å². The molecular weight excluding hydrogens is 178 g/mol. The minimum atomic E-state index is -0.352. The maximum atomic E-state index is 4.32. The van der Waals surface area contributed by atoms with Crippen LogP contribution in [-0.2, 0) is 0 Å². The number of rotatable bonds is 5. The van der Waals surface area contributed by atoms with Gasteiger partial charge in [0, 0.05) is 0 Å². The minimum Gasteiger partial charge on any atom is -0.295 e. The van der Waals surface area contributed by atoms with E-state index in [0.29, 0.717) is 0 Å². The van der Waals surface area contributed by atoms with E-state index in [1.54, 1.807) is 0 Å². The van der Waals surface area contributed by atoms with Crippen LogP contribution in [0, 0.1) is 0 Å². The highest BCUT2D eigenvalue weighted by Gasteiger charge is 2.44. The van der Waals surface area contributed by atoms with Gasteiger partial charge in [0.05, 0.1) is 21.1 Å². The molecule has 0 bridgehead atoms. The summed E-state index contributed by atoms with van der Waals surface area (Å²) in [5, 5.41) is 1.51. The predicted octanol–water partition coefficient (Wildman–Crippen LogP) is 2.78. The smallest absolute Gasteiger partial charge is 0.141 e. The standard InChI is InChI=1S/C11H24NS/c1-6-7-8-13(9-10-13)11(2)12(3,4)5/h2,6-10H2,1,3-5H3/q+1. The fourth-order valence-corrected chi connectivity index (χ4v) is 5.58. The molecule has 0 atom stereocenters. The SMILES string of the molecule is C=C([N+](C)(C)C)S1(CCCC)CC1. The first kappa shape index (κ1) is 11.1. The molecule has 1 fully saturated rings. The molecule has 13 heavy (non-hydrogen) atoms.